The second-order valence-corrected chi connectivity index (χ2v) is 3.62. The number of hydrogen-bond donors (Lipinski definition) is 1. The first-order chi connectivity index (χ1) is 6.43. The number of aromatic nitrogens is 1. The maximum atomic E-state index is 11.5. The first-order valence-corrected chi connectivity index (χ1v) is 4.46. The third-order valence-corrected chi connectivity index (χ3v) is 2.00. The zero-order chi connectivity index (χ0) is 10.9. The summed E-state index contributed by atoms with van der Waals surface area (Å²) in [5, 5.41) is 8.97. The number of rotatable bonds is 2. The lowest BCUT2D eigenvalue weighted by atomic mass is 10.2. The van der Waals surface area contributed by atoms with Gasteiger partial charge in [-0.25, -0.2) is 4.79 Å². The van der Waals surface area contributed by atoms with Crippen LogP contribution in [0.25, 0.3) is 0 Å². The minimum atomic E-state index is -1.26. The van der Waals surface area contributed by atoms with Crippen LogP contribution in [0.5, 0.6) is 0 Å². The van der Waals surface area contributed by atoms with E-state index in [1.54, 1.807) is 13.8 Å². The second-order valence-electron chi connectivity index (χ2n) is 3.18. The van der Waals surface area contributed by atoms with E-state index in [0.717, 1.165) is 6.07 Å². The quantitative estimate of drug-likeness (QED) is 0.818. The van der Waals surface area contributed by atoms with Crippen LogP contribution < -0.4 is 5.56 Å². The molecule has 0 fully saturated rings. The number of aromatic carboxylic acids is 1. The smallest absolute Gasteiger partial charge is 0.341 e. The predicted octanol–water partition coefficient (Wildman–Crippen LogP) is 1.78. The number of halogens is 1. The lowest BCUT2D eigenvalue weighted by Gasteiger charge is -2.10. The second kappa shape index (κ2) is 3.84. The predicted molar refractivity (Wildman–Crippen MR) is 53.1 cm³/mol. The molecule has 0 aromatic carbocycles. The molecule has 1 heterocycles. The minimum Gasteiger partial charge on any atom is -0.477 e. The van der Waals surface area contributed by atoms with Crippen molar-refractivity contribution in [2.75, 3.05) is 0 Å². The third-order valence-electron chi connectivity index (χ3n) is 1.80. The highest BCUT2D eigenvalue weighted by Gasteiger charge is 2.13. The number of hydrogen-bond acceptors (Lipinski definition) is 2. The summed E-state index contributed by atoms with van der Waals surface area (Å²) in [5.41, 5.74) is -0.830. The molecule has 0 radical (unpaired) electrons. The van der Waals surface area contributed by atoms with Crippen molar-refractivity contribution >= 4 is 17.6 Å². The number of carbonyl (C=O) groups is 1. The van der Waals surface area contributed by atoms with E-state index in [1.807, 2.05) is 0 Å². The molecule has 0 saturated carbocycles. The molecular formula is C9H10ClNO3. The van der Waals surface area contributed by atoms with Crippen molar-refractivity contribution in [3.8, 4) is 0 Å². The Bertz CT molecular complexity index is 423. The normalized spacial score (nSPS) is 10.6. The lowest BCUT2D eigenvalue weighted by Crippen LogP contribution is -2.27. The average molecular weight is 216 g/mol. The largest absolute Gasteiger partial charge is 0.477 e. The van der Waals surface area contributed by atoms with E-state index < -0.39 is 11.5 Å². The van der Waals surface area contributed by atoms with E-state index in [0.29, 0.717) is 0 Å². The van der Waals surface area contributed by atoms with Crippen LogP contribution in [0.3, 0.4) is 0 Å². The fourth-order valence-electron chi connectivity index (χ4n) is 1.10. The van der Waals surface area contributed by atoms with Crippen molar-refractivity contribution < 1.29 is 9.90 Å². The first kappa shape index (κ1) is 10.8. The van der Waals surface area contributed by atoms with Crippen LogP contribution >= 0.6 is 11.6 Å². The number of carboxylic acids is 1. The monoisotopic (exact) mass is 215 g/mol. The molecule has 1 aromatic rings. The zero-order valence-corrected chi connectivity index (χ0v) is 8.58. The Morgan fingerprint density at radius 2 is 2.14 bits per heavy atom. The summed E-state index contributed by atoms with van der Waals surface area (Å²) >= 11 is 5.69. The van der Waals surface area contributed by atoms with E-state index in [-0.39, 0.29) is 16.6 Å². The van der Waals surface area contributed by atoms with Gasteiger partial charge in [0.05, 0.1) is 5.02 Å². The van der Waals surface area contributed by atoms with Gasteiger partial charge in [0.1, 0.15) is 5.56 Å². The van der Waals surface area contributed by atoms with E-state index >= 15 is 0 Å². The molecule has 14 heavy (non-hydrogen) atoms. The van der Waals surface area contributed by atoms with E-state index in [2.05, 4.69) is 0 Å². The maximum absolute atomic E-state index is 11.5. The van der Waals surface area contributed by atoms with Gasteiger partial charge in [-0.1, -0.05) is 11.6 Å². The van der Waals surface area contributed by atoms with Gasteiger partial charge >= 0.3 is 5.97 Å². The van der Waals surface area contributed by atoms with E-state index in [4.69, 9.17) is 16.7 Å². The van der Waals surface area contributed by atoms with Crippen molar-refractivity contribution in [3.05, 3.63) is 33.2 Å². The van der Waals surface area contributed by atoms with Crippen molar-refractivity contribution in [1.82, 2.24) is 4.57 Å². The molecule has 0 saturated heterocycles. The van der Waals surface area contributed by atoms with Gasteiger partial charge in [0.15, 0.2) is 0 Å². The molecule has 76 valence electrons. The molecule has 1 rings (SSSR count). The van der Waals surface area contributed by atoms with Crippen molar-refractivity contribution in [3.63, 3.8) is 0 Å². The molecular weight excluding hydrogens is 206 g/mol. The van der Waals surface area contributed by atoms with Gasteiger partial charge in [-0.15, -0.1) is 0 Å². The van der Waals surface area contributed by atoms with Crippen LogP contribution in [0.15, 0.2) is 17.1 Å². The third kappa shape index (κ3) is 1.96. The highest BCUT2D eigenvalue weighted by molar-refractivity contribution is 6.30. The number of carboxylic acid groups (broad SMARTS) is 1. The summed E-state index contributed by atoms with van der Waals surface area (Å²) in [7, 11) is 0. The first-order valence-electron chi connectivity index (χ1n) is 4.08. The average Bonchev–Trinajstić information content (AvgIpc) is 2.07. The van der Waals surface area contributed by atoms with E-state index in [1.165, 1.54) is 10.8 Å². The molecule has 0 amide bonds. The lowest BCUT2D eigenvalue weighted by molar-refractivity contribution is 0.0694. The molecule has 1 aromatic heterocycles. The Labute approximate surface area is 85.7 Å². The van der Waals surface area contributed by atoms with Gasteiger partial charge in [-0.05, 0) is 19.9 Å². The minimum absolute atomic E-state index is 0.112. The molecule has 0 spiro atoms. The van der Waals surface area contributed by atoms with Crippen LogP contribution in [0.1, 0.15) is 30.2 Å². The van der Waals surface area contributed by atoms with E-state index in [9.17, 15) is 9.59 Å². The van der Waals surface area contributed by atoms with Crippen LogP contribution in [0.4, 0.5) is 0 Å². The molecule has 0 atom stereocenters. The Hall–Kier alpha value is -1.29. The molecule has 5 heteroatoms. The van der Waals surface area contributed by atoms with Gasteiger partial charge < -0.3 is 9.67 Å². The van der Waals surface area contributed by atoms with Crippen molar-refractivity contribution in [2.24, 2.45) is 0 Å². The fraction of sp³-hybridized carbons (Fsp3) is 0.333. The Balaban J connectivity index is 3.48. The van der Waals surface area contributed by atoms with Gasteiger partial charge in [0.2, 0.25) is 0 Å². The van der Waals surface area contributed by atoms with Gasteiger partial charge in [-0.3, -0.25) is 4.79 Å². The Kier molecular flexibility index (Phi) is 2.96. The summed E-state index contributed by atoms with van der Waals surface area (Å²) < 4.78 is 1.30. The topological polar surface area (TPSA) is 59.3 Å². The standard InChI is InChI=1S/C9H10ClNO3/c1-5(2)11-4-6(10)3-7(8(11)12)9(13)14/h3-5H,1-2H3,(H,13,14). The van der Waals surface area contributed by atoms with Gasteiger partial charge in [0, 0.05) is 12.2 Å². The van der Waals surface area contributed by atoms with Crippen molar-refractivity contribution in [1.29, 1.82) is 0 Å². The van der Waals surface area contributed by atoms with Crippen molar-refractivity contribution in [2.45, 2.75) is 19.9 Å². The summed E-state index contributed by atoms with van der Waals surface area (Å²) in [6.07, 6.45) is 1.43. The van der Waals surface area contributed by atoms with Crippen LogP contribution in [0.2, 0.25) is 5.02 Å². The van der Waals surface area contributed by atoms with Gasteiger partial charge in [-0.2, -0.15) is 0 Å². The molecule has 4 nitrogen and oxygen atoms in total. The number of pyridine rings is 1. The molecule has 0 aliphatic rings. The molecule has 0 aliphatic carbocycles. The summed E-state index contributed by atoms with van der Waals surface area (Å²) in [5.74, 6) is -1.26. The SMILES string of the molecule is CC(C)n1cc(Cl)cc(C(=O)O)c1=O. The summed E-state index contributed by atoms with van der Waals surface area (Å²) in [6.45, 7) is 3.56. The van der Waals surface area contributed by atoms with Crippen LogP contribution in [0, 0.1) is 0 Å². The summed E-state index contributed by atoms with van der Waals surface area (Å²) in [4.78, 5) is 22.2. The fourth-order valence-corrected chi connectivity index (χ4v) is 1.32. The van der Waals surface area contributed by atoms with Crippen LogP contribution in [-0.2, 0) is 0 Å². The maximum Gasteiger partial charge on any atom is 0.341 e. The van der Waals surface area contributed by atoms with Gasteiger partial charge in [0.25, 0.3) is 5.56 Å². The number of nitrogens with zero attached hydrogens (tertiary/aromatic N) is 1. The molecule has 1 N–H and O–H groups in total. The molecule has 0 bridgehead atoms. The molecule has 0 unspecified atom stereocenters. The molecule has 0 aliphatic heterocycles. The zero-order valence-electron chi connectivity index (χ0n) is 7.82. The Morgan fingerprint density at radius 1 is 1.57 bits per heavy atom. The highest BCUT2D eigenvalue weighted by atomic mass is 35.5. The Morgan fingerprint density at radius 3 is 2.57 bits per heavy atom. The van der Waals surface area contributed by atoms with Crippen LogP contribution in [-0.4, -0.2) is 15.6 Å². The summed E-state index contributed by atoms with van der Waals surface area (Å²) in [6, 6.07) is 1.05. The highest BCUT2D eigenvalue weighted by Crippen LogP contribution is 2.10.